The molecule has 0 bridgehead atoms. The van der Waals surface area contributed by atoms with Crippen molar-refractivity contribution in [2.24, 2.45) is 5.92 Å². The monoisotopic (exact) mass is 476 g/mol. The third-order valence-electron chi connectivity index (χ3n) is 6.11. The molecule has 0 radical (unpaired) electrons. The summed E-state index contributed by atoms with van der Waals surface area (Å²) in [5.74, 6) is 0.341. The molecule has 1 saturated carbocycles. The number of amides is 2. The minimum absolute atomic E-state index is 0.0934. The highest BCUT2D eigenvalue weighted by Gasteiger charge is 2.33. The number of nitrogens with one attached hydrogen (secondary N) is 1. The van der Waals surface area contributed by atoms with Crippen molar-refractivity contribution in [1.82, 2.24) is 10.2 Å². The number of methoxy groups -OCH3 is 1. The van der Waals surface area contributed by atoms with Gasteiger partial charge in [-0.2, -0.15) is 0 Å². The van der Waals surface area contributed by atoms with E-state index < -0.39 is 6.04 Å². The maximum atomic E-state index is 13.6. The van der Waals surface area contributed by atoms with E-state index in [4.69, 9.17) is 27.9 Å². The number of benzene rings is 2. The number of rotatable bonds is 8. The second-order valence-corrected chi connectivity index (χ2v) is 9.04. The zero-order valence-electron chi connectivity index (χ0n) is 18.5. The van der Waals surface area contributed by atoms with Crippen LogP contribution in [0.3, 0.4) is 0 Å². The summed E-state index contributed by atoms with van der Waals surface area (Å²) in [4.78, 5) is 28.1. The van der Waals surface area contributed by atoms with Gasteiger partial charge in [0, 0.05) is 17.6 Å². The first-order valence-corrected chi connectivity index (χ1v) is 11.9. The number of alkyl halides is 1. The Balaban J connectivity index is 1.95. The average Bonchev–Trinajstić information content (AvgIpc) is 2.81. The van der Waals surface area contributed by atoms with Crippen molar-refractivity contribution in [3.63, 3.8) is 0 Å². The van der Waals surface area contributed by atoms with Crippen molar-refractivity contribution < 1.29 is 14.3 Å². The van der Waals surface area contributed by atoms with Gasteiger partial charge in [-0.3, -0.25) is 9.59 Å². The Morgan fingerprint density at radius 3 is 2.53 bits per heavy atom. The van der Waals surface area contributed by atoms with Gasteiger partial charge in [0.05, 0.1) is 7.11 Å². The van der Waals surface area contributed by atoms with Gasteiger partial charge in [0.2, 0.25) is 11.8 Å². The van der Waals surface area contributed by atoms with Crippen molar-refractivity contribution in [1.29, 1.82) is 0 Å². The van der Waals surface area contributed by atoms with Crippen molar-refractivity contribution >= 4 is 35.0 Å². The molecule has 2 aromatic carbocycles. The minimum atomic E-state index is -0.821. The highest BCUT2D eigenvalue weighted by Crippen LogP contribution is 2.29. The first kappa shape index (κ1) is 24.4. The third kappa shape index (κ3) is 6.17. The van der Waals surface area contributed by atoms with Gasteiger partial charge in [-0.1, -0.05) is 55.6 Å². The molecule has 7 heteroatoms. The van der Waals surface area contributed by atoms with Crippen LogP contribution in [-0.2, 0) is 16.1 Å². The summed E-state index contributed by atoms with van der Waals surface area (Å²) in [6.45, 7) is 2.39. The molecule has 3 rings (SSSR count). The number of carbonyl (C=O) groups excluding carboxylic acids is 2. The van der Waals surface area contributed by atoms with E-state index in [0.717, 1.165) is 24.8 Å². The third-order valence-corrected chi connectivity index (χ3v) is 6.59. The molecule has 1 aliphatic rings. The van der Waals surface area contributed by atoms with Crippen molar-refractivity contribution in [2.75, 3.05) is 13.0 Å². The van der Waals surface area contributed by atoms with Gasteiger partial charge in [-0.15, -0.1) is 11.6 Å². The normalized spacial score (nSPS) is 19.1. The lowest BCUT2D eigenvalue weighted by Gasteiger charge is -2.35. The summed E-state index contributed by atoms with van der Waals surface area (Å²) >= 11 is 12.1. The Kier molecular flexibility index (Phi) is 8.83. The number of halogens is 2. The molecule has 0 saturated heterocycles. The zero-order chi connectivity index (χ0) is 23.1. The SMILES string of the molecule is COc1cccc(CN(C(=O)CCl)[C@H](C(=O)N[C@@H]2CCCC[C@@H]2C)c2ccc(Cl)cc2)c1. The smallest absolute Gasteiger partial charge is 0.247 e. The molecule has 3 atom stereocenters. The highest BCUT2D eigenvalue weighted by atomic mass is 35.5. The standard InChI is InChI=1S/C25H30Cl2N2O3/c1-17-6-3-4-9-22(17)28-25(31)24(19-10-12-20(27)13-11-19)29(23(30)15-26)16-18-7-5-8-21(14-18)32-2/h5,7-8,10-14,17,22,24H,3-4,6,9,15-16H2,1-2H3,(H,28,31)/t17-,22+,24-/m0/s1. The van der Waals surface area contributed by atoms with Crippen LogP contribution in [0.2, 0.25) is 5.02 Å². The van der Waals surface area contributed by atoms with E-state index in [1.165, 1.54) is 11.3 Å². The Morgan fingerprint density at radius 1 is 1.16 bits per heavy atom. The Bertz CT molecular complexity index is 920. The van der Waals surface area contributed by atoms with E-state index in [1.807, 2.05) is 24.3 Å². The first-order valence-electron chi connectivity index (χ1n) is 11.0. The number of hydrogen-bond acceptors (Lipinski definition) is 3. The number of carbonyl (C=O) groups is 2. The summed E-state index contributed by atoms with van der Waals surface area (Å²) in [6, 6.07) is 13.8. The van der Waals surface area contributed by atoms with E-state index in [-0.39, 0.29) is 30.3 Å². The second-order valence-electron chi connectivity index (χ2n) is 8.34. The van der Waals surface area contributed by atoms with E-state index in [9.17, 15) is 9.59 Å². The summed E-state index contributed by atoms with van der Waals surface area (Å²) in [6.07, 6.45) is 4.31. The van der Waals surface area contributed by atoms with Gasteiger partial charge in [0.25, 0.3) is 0 Å². The lowest BCUT2D eigenvalue weighted by Crippen LogP contribution is -2.49. The summed E-state index contributed by atoms with van der Waals surface area (Å²) in [5, 5.41) is 3.78. The van der Waals surface area contributed by atoms with Crippen LogP contribution in [0.1, 0.15) is 49.8 Å². The molecule has 1 fully saturated rings. The van der Waals surface area contributed by atoms with Gasteiger partial charge in [-0.05, 0) is 54.2 Å². The van der Waals surface area contributed by atoms with E-state index in [1.54, 1.807) is 31.4 Å². The van der Waals surface area contributed by atoms with Crippen molar-refractivity contribution in [3.05, 3.63) is 64.7 Å². The van der Waals surface area contributed by atoms with Gasteiger partial charge in [0.15, 0.2) is 0 Å². The van der Waals surface area contributed by atoms with E-state index >= 15 is 0 Å². The predicted molar refractivity (Wildman–Crippen MR) is 128 cm³/mol. The van der Waals surface area contributed by atoms with Crippen molar-refractivity contribution in [3.8, 4) is 5.75 Å². The molecule has 1 aliphatic carbocycles. The van der Waals surface area contributed by atoms with Crippen LogP contribution in [0.25, 0.3) is 0 Å². The molecule has 0 spiro atoms. The van der Waals surface area contributed by atoms with Crippen LogP contribution < -0.4 is 10.1 Å². The van der Waals surface area contributed by atoms with Crippen LogP contribution in [-0.4, -0.2) is 35.7 Å². The topological polar surface area (TPSA) is 58.6 Å². The molecular weight excluding hydrogens is 447 g/mol. The lowest BCUT2D eigenvalue weighted by molar-refractivity contribution is -0.140. The van der Waals surface area contributed by atoms with Gasteiger partial charge >= 0.3 is 0 Å². The minimum Gasteiger partial charge on any atom is -0.497 e. The Morgan fingerprint density at radius 2 is 1.88 bits per heavy atom. The number of ether oxygens (including phenoxy) is 1. The summed E-state index contributed by atoms with van der Waals surface area (Å²) < 4.78 is 5.32. The highest BCUT2D eigenvalue weighted by molar-refractivity contribution is 6.30. The van der Waals surface area contributed by atoms with Gasteiger partial charge in [0.1, 0.15) is 17.7 Å². The van der Waals surface area contributed by atoms with Gasteiger partial charge in [-0.25, -0.2) is 0 Å². The fraction of sp³-hybridized carbons (Fsp3) is 0.440. The summed E-state index contributed by atoms with van der Waals surface area (Å²) in [5.41, 5.74) is 1.54. The quantitative estimate of drug-likeness (QED) is 0.522. The Labute approximate surface area is 200 Å². The first-order chi connectivity index (χ1) is 15.4. The molecule has 0 heterocycles. The zero-order valence-corrected chi connectivity index (χ0v) is 20.0. The van der Waals surface area contributed by atoms with Crippen LogP contribution >= 0.6 is 23.2 Å². The maximum Gasteiger partial charge on any atom is 0.247 e. The van der Waals surface area contributed by atoms with Crippen LogP contribution in [0, 0.1) is 5.92 Å². The molecule has 2 aromatic rings. The van der Waals surface area contributed by atoms with E-state index in [0.29, 0.717) is 22.3 Å². The average molecular weight is 477 g/mol. The van der Waals surface area contributed by atoms with Crippen LogP contribution in [0.15, 0.2) is 48.5 Å². The molecular formula is C25H30Cl2N2O3. The molecule has 2 amide bonds. The van der Waals surface area contributed by atoms with Gasteiger partial charge < -0.3 is 15.0 Å². The fourth-order valence-electron chi connectivity index (χ4n) is 4.28. The fourth-order valence-corrected chi connectivity index (χ4v) is 4.56. The second kappa shape index (κ2) is 11.6. The van der Waals surface area contributed by atoms with E-state index in [2.05, 4.69) is 12.2 Å². The lowest BCUT2D eigenvalue weighted by atomic mass is 9.85. The molecule has 0 aliphatic heterocycles. The molecule has 0 aromatic heterocycles. The number of nitrogens with zero attached hydrogens (tertiary/aromatic N) is 1. The molecule has 32 heavy (non-hydrogen) atoms. The number of hydrogen-bond donors (Lipinski definition) is 1. The summed E-state index contributed by atoms with van der Waals surface area (Å²) in [7, 11) is 1.59. The van der Waals surface area contributed by atoms with Crippen LogP contribution in [0.5, 0.6) is 5.75 Å². The predicted octanol–water partition coefficient (Wildman–Crippen LogP) is 5.35. The molecule has 0 unspecified atom stereocenters. The maximum absolute atomic E-state index is 13.6. The Hall–Kier alpha value is -2.24. The van der Waals surface area contributed by atoms with Crippen LogP contribution in [0.4, 0.5) is 0 Å². The molecule has 1 N–H and O–H groups in total. The molecule has 5 nitrogen and oxygen atoms in total. The largest absolute Gasteiger partial charge is 0.497 e. The van der Waals surface area contributed by atoms with Crippen molar-refractivity contribution in [2.45, 2.75) is 51.2 Å². The molecule has 172 valence electrons.